The molecular weight excluding hydrogens is 212 g/mol. The van der Waals surface area contributed by atoms with Gasteiger partial charge in [0.25, 0.3) is 0 Å². The van der Waals surface area contributed by atoms with Crippen LogP contribution in [0.15, 0.2) is 24.3 Å². The van der Waals surface area contributed by atoms with Gasteiger partial charge in [0.05, 0.1) is 12.7 Å². The molecule has 1 saturated carbocycles. The molecule has 0 aromatic heterocycles. The Labute approximate surface area is 103 Å². The lowest BCUT2D eigenvalue weighted by molar-refractivity contribution is 0.0946. The second-order valence-electron chi connectivity index (χ2n) is 5.61. The molecule has 3 rings (SSSR count). The van der Waals surface area contributed by atoms with E-state index in [2.05, 4.69) is 18.2 Å². The number of fused-ring (bicyclic) bond motifs is 1. The standard InChI is InChI=1S/C15H20O2/c1-11(16)15(7-8-15)10-12-6-9-17-14-5-3-2-4-13(12)14/h2-5,11-12,16H,6-10H2,1H3. The molecule has 17 heavy (non-hydrogen) atoms. The highest BCUT2D eigenvalue weighted by Gasteiger charge is 2.48. The van der Waals surface area contributed by atoms with Crippen molar-refractivity contribution in [2.45, 2.75) is 44.6 Å². The molecule has 1 aromatic rings. The summed E-state index contributed by atoms with van der Waals surface area (Å²) in [7, 11) is 0. The van der Waals surface area contributed by atoms with Gasteiger partial charge in [0.2, 0.25) is 0 Å². The van der Waals surface area contributed by atoms with Crippen LogP contribution < -0.4 is 4.74 Å². The quantitative estimate of drug-likeness (QED) is 0.867. The summed E-state index contributed by atoms with van der Waals surface area (Å²) in [6.45, 7) is 2.76. The number of hydrogen-bond donors (Lipinski definition) is 1. The van der Waals surface area contributed by atoms with E-state index < -0.39 is 0 Å². The zero-order valence-electron chi connectivity index (χ0n) is 10.4. The van der Waals surface area contributed by atoms with E-state index in [4.69, 9.17) is 4.74 Å². The van der Waals surface area contributed by atoms with Gasteiger partial charge in [0.15, 0.2) is 0 Å². The Kier molecular flexibility index (Phi) is 2.62. The SMILES string of the molecule is CC(O)C1(CC2CCOc3ccccc32)CC1. The first-order chi connectivity index (χ1) is 8.21. The summed E-state index contributed by atoms with van der Waals surface area (Å²) in [6.07, 6.45) is 4.41. The number of aliphatic hydroxyl groups excluding tert-OH is 1. The van der Waals surface area contributed by atoms with Crippen LogP contribution in [0, 0.1) is 5.41 Å². The van der Waals surface area contributed by atoms with Crippen molar-refractivity contribution in [1.82, 2.24) is 0 Å². The molecule has 1 aromatic carbocycles. The molecule has 2 unspecified atom stereocenters. The van der Waals surface area contributed by atoms with Crippen molar-refractivity contribution in [3.8, 4) is 5.75 Å². The second kappa shape index (κ2) is 4.02. The van der Waals surface area contributed by atoms with Gasteiger partial charge in [-0.3, -0.25) is 0 Å². The minimum Gasteiger partial charge on any atom is -0.493 e. The average molecular weight is 232 g/mol. The monoisotopic (exact) mass is 232 g/mol. The average Bonchev–Trinajstić information content (AvgIpc) is 3.11. The van der Waals surface area contributed by atoms with E-state index in [1.54, 1.807) is 0 Å². The van der Waals surface area contributed by atoms with Crippen LogP contribution in [0.4, 0.5) is 0 Å². The van der Waals surface area contributed by atoms with E-state index in [9.17, 15) is 5.11 Å². The molecule has 0 amide bonds. The lowest BCUT2D eigenvalue weighted by atomic mass is 9.81. The third-order valence-corrected chi connectivity index (χ3v) is 4.51. The zero-order chi connectivity index (χ0) is 11.9. The number of ether oxygens (including phenoxy) is 1. The maximum Gasteiger partial charge on any atom is 0.122 e. The van der Waals surface area contributed by atoms with Crippen LogP contribution in [0.25, 0.3) is 0 Å². The molecule has 1 N–H and O–H groups in total. The summed E-state index contributed by atoms with van der Waals surface area (Å²) in [5.74, 6) is 1.61. The van der Waals surface area contributed by atoms with Gasteiger partial charge in [0, 0.05) is 0 Å². The molecule has 0 radical (unpaired) electrons. The summed E-state index contributed by atoms with van der Waals surface area (Å²) in [6, 6.07) is 8.35. The Balaban J connectivity index is 1.82. The van der Waals surface area contributed by atoms with Crippen LogP contribution in [-0.4, -0.2) is 17.8 Å². The maximum absolute atomic E-state index is 9.89. The van der Waals surface area contributed by atoms with Gasteiger partial charge >= 0.3 is 0 Å². The minimum absolute atomic E-state index is 0.169. The fourth-order valence-corrected chi connectivity index (χ4v) is 3.07. The summed E-state index contributed by atoms with van der Waals surface area (Å²) >= 11 is 0. The van der Waals surface area contributed by atoms with Crippen LogP contribution in [-0.2, 0) is 0 Å². The van der Waals surface area contributed by atoms with E-state index in [1.165, 1.54) is 18.4 Å². The number of aliphatic hydroxyl groups is 1. The van der Waals surface area contributed by atoms with Crippen molar-refractivity contribution in [2.24, 2.45) is 5.41 Å². The molecule has 2 heteroatoms. The van der Waals surface area contributed by atoms with Gasteiger partial charge in [-0.25, -0.2) is 0 Å². The number of rotatable bonds is 3. The largest absolute Gasteiger partial charge is 0.493 e. The van der Waals surface area contributed by atoms with Crippen LogP contribution in [0.3, 0.4) is 0 Å². The normalized spacial score (nSPS) is 26.8. The van der Waals surface area contributed by atoms with E-state index in [1.807, 2.05) is 13.0 Å². The fourth-order valence-electron chi connectivity index (χ4n) is 3.07. The van der Waals surface area contributed by atoms with Crippen LogP contribution >= 0.6 is 0 Å². The van der Waals surface area contributed by atoms with E-state index in [0.29, 0.717) is 5.92 Å². The highest BCUT2D eigenvalue weighted by molar-refractivity contribution is 5.38. The van der Waals surface area contributed by atoms with Crippen molar-refractivity contribution in [1.29, 1.82) is 0 Å². The molecule has 92 valence electrons. The smallest absolute Gasteiger partial charge is 0.122 e. The van der Waals surface area contributed by atoms with Crippen LogP contribution in [0.2, 0.25) is 0 Å². The fraction of sp³-hybridized carbons (Fsp3) is 0.600. The highest BCUT2D eigenvalue weighted by atomic mass is 16.5. The lowest BCUT2D eigenvalue weighted by Crippen LogP contribution is -2.24. The molecule has 1 fully saturated rings. The Morgan fingerprint density at radius 2 is 2.18 bits per heavy atom. The van der Waals surface area contributed by atoms with Gasteiger partial charge in [-0.15, -0.1) is 0 Å². The predicted molar refractivity (Wildman–Crippen MR) is 67.3 cm³/mol. The Bertz CT molecular complexity index is 407. The molecule has 0 bridgehead atoms. The van der Waals surface area contributed by atoms with Crippen molar-refractivity contribution in [3.05, 3.63) is 29.8 Å². The first-order valence-corrected chi connectivity index (χ1v) is 6.61. The van der Waals surface area contributed by atoms with E-state index in [0.717, 1.165) is 25.2 Å². The molecule has 1 aliphatic carbocycles. The van der Waals surface area contributed by atoms with Gasteiger partial charge in [0.1, 0.15) is 5.75 Å². The van der Waals surface area contributed by atoms with Gasteiger partial charge < -0.3 is 9.84 Å². The Morgan fingerprint density at radius 1 is 1.41 bits per heavy atom. The number of benzene rings is 1. The summed E-state index contributed by atoms with van der Waals surface area (Å²) in [5.41, 5.74) is 1.54. The molecule has 2 nitrogen and oxygen atoms in total. The predicted octanol–water partition coefficient (Wildman–Crippen LogP) is 3.10. The van der Waals surface area contributed by atoms with Gasteiger partial charge in [-0.05, 0) is 55.6 Å². The zero-order valence-corrected chi connectivity index (χ0v) is 10.4. The molecule has 0 saturated heterocycles. The maximum atomic E-state index is 9.89. The Hall–Kier alpha value is -1.02. The van der Waals surface area contributed by atoms with E-state index >= 15 is 0 Å². The van der Waals surface area contributed by atoms with E-state index in [-0.39, 0.29) is 11.5 Å². The second-order valence-corrected chi connectivity index (χ2v) is 5.61. The van der Waals surface area contributed by atoms with Crippen molar-refractivity contribution < 1.29 is 9.84 Å². The molecule has 2 aliphatic rings. The molecule has 2 atom stereocenters. The lowest BCUT2D eigenvalue weighted by Gasteiger charge is -2.30. The molecular formula is C15H20O2. The summed E-state index contributed by atoms with van der Waals surface area (Å²) in [4.78, 5) is 0. The molecule has 0 spiro atoms. The van der Waals surface area contributed by atoms with Gasteiger partial charge in [-0.2, -0.15) is 0 Å². The highest BCUT2D eigenvalue weighted by Crippen LogP contribution is 2.56. The van der Waals surface area contributed by atoms with Gasteiger partial charge in [-0.1, -0.05) is 18.2 Å². The summed E-state index contributed by atoms with van der Waals surface area (Å²) in [5, 5.41) is 9.89. The molecule has 1 aliphatic heterocycles. The number of para-hydroxylation sites is 1. The van der Waals surface area contributed by atoms with Crippen molar-refractivity contribution >= 4 is 0 Å². The van der Waals surface area contributed by atoms with Crippen LogP contribution in [0.1, 0.15) is 44.1 Å². The summed E-state index contributed by atoms with van der Waals surface area (Å²) < 4.78 is 5.69. The van der Waals surface area contributed by atoms with Crippen molar-refractivity contribution in [3.63, 3.8) is 0 Å². The third-order valence-electron chi connectivity index (χ3n) is 4.51. The third kappa shape index (κ3) is 1.95. The first-order valence-electron chi connectivity index (χ1n) is 6.61. The minimum atomic E-state index is -0.169. The Morgan fingerprint density at radius 3 is 2.88 bits per heavy atom. The first kappa shape index (κ1) is 11.1. The number of hydrogen-bond acceptors (Lipinski definition) is 2. The molecule has 1 heterocycles. The topological polar surface area (TPSA) is 29.5 Å². The van der Waals surface area contributed by atoms with Crippen LogP contribution in [0.5, 0.6) is 5.75 Å². The van der Waals surface area contributed by atoms with Crippen molar-refractivity contribution in [2.75, 3.05) is 6.61 Å².